The average molecular weight is 253 g/mol. The van der Waals surface area contributed by atoms with Crippen LogP contribution in [0.3, 0.4) is 0 Å². The van der Waals surface area contributed by atoms with Crippen molar-refractivity contribution in [2.24, 2.45) is 5.92 Å². The van der Waals surface area contributed by atoms with Gasteiger partial charge < -0.3 is 14.8 Å². The SMILES string of the molecule is CCOCc1nc(NC)cc(OC(C)C(C)C)n1. The van der Waals surface area contributed by atoms with Gasteiger partial charge in [-0.3, -0.25) is 0 Å². The van der Waals surface area contributed by atoms with Crippen LogP contribution in [0.4, 0.5) is 5.82 Å². The lowest BCUT2D eigenvalue weighted by Crippen LogP contribution is -2.20. The molecule has 0 saturated heterocycles. The molecule has 0 bridgehead atoms. The van der Waals surface area contributed by atoms with E-state index in [1.807, 2.05) is 20.9 Å². The summed E-state index contributed by atoms with van der Waals surface area (Å²) >= 11 is 0. The Morgan fingerprint density at radius 2 is 2.00 bits per heavy atom. The second-order valence-corrected chi connectivity index (χ2v) is 4.46. The molecule has 0 radical (unpaired) electrons. The van der Waals surface area contributed by atoms with Gasteiger partial charge in [-0.25, -0.2) is 4.98 Å². The molecule has 1 atom stereocenters. The fraction of sp³-hybridized carbons (Fsp3) is 0.692. The van der Waals surface area contributed by atoms with E-state index >= 15 is 0 Å². The van der Waals surface area contributed by atoms with Gasteiger partial charge in [0.25, 0.3) is 0 Å². The summed E-state index contributed by atoms with van der Waals surface area (Å²) < 4.78 is 11.1. The minimum atomic E-state index is 0.115. The van der Waals surface area contributed by atoms with E-state index in [2.05, 4.69) is 29.1 Å². The van der Waals surface area contributed by atoms with Crippen LogP contribution in [0.25, 0.3) is 0 Å². The van der Waals surface area contributed by atoms with Gasteiger partial charge in [0.15, 0.2) is 5.82 Å². The Balaban J connectivity index is 2.82. The molecule has 1 N–H and O–H groups in total. The highest BCUT2D eigenvalue weighted by molar-refractivity contribution is 5.37. The van der Waals surface area contributed by atoms with Gasteiger partial charge in [-0.15, -0.1) is 0 Å². The van der Waals surface area contributed by atoms with Crippen molar-refractivity contribution in [3.8, 4) is 5.88 Å². The number of nitrogens with one attached hydrogen (secondary N) is 1. The lowest BCUT2D eigenvalue weighted by molar-refractivity contribution is 0.125. The Morgan fingerprint density at radius 1 is 1.28 bits per heavy atom. The second-order valence-electron chi connectivity index (χ2n) is 4.46. The van der Waals surface area contributed by atoms with Gasteiger partial charge in [0.1, 0.15) is 12.4 Å². The molecule has 0 aliphatic heterocycles. The van der Waals surface area contributed by atoms with Gasteiger partial charge >= 0.3 is 0 Å². The molecule has 1 heterocycles. The molecule has 0 aliphatic rings. The van der Waals surface area contributed by atoms with E-state index in [-0.39, 0.29) is 6.10 Å². The molecular formula is C13H23N3O2. The molecule has 0 fully saturated rings. The van der Waals surface area contributed by atoms with Crippen LogP contribution < -0.4 is 10.1 Å². The number of nitrogens with zero attached hydrogens (tertiary/aromatic N) is 2. The van der Waals surface area contributed by atoms with Crippen LogP contribution >= 0.6 is 0 Å². The fourth-order valence-corrected chi connectivity index (χ4v) is 1.25. The number of rotatable bonds is 7. The normalized spacial score (nSPS) is 12.6. The summed E-state index contributed by atoms with van der Waals surface area (Å²) in [7, 11) is 1.82. The number of aromatic nitrogens is 2. The van der Waals surface area contributed by atoms with Gasteiger partial charge in [-0.05, 0) is 19.8 Å². The lowest BCUT2D eigenvalue weighted by Gasteiger charge is -2.18. The molecule has 0 spiro atoms. The molecular weight excluding hydrogens is 230 g/mol. The Kier molecular flexibility index (Phi) is 5.85. The van der Waals surface area contributed by atoms with Gasteiger partial charge in [0.2, 0.25) is 5.88 Å². The van der Waals surface area contributed by atoms with E-state index in [1.165, 1.54) is 0 Å². The zero-order valence-electron chi connectivity index (χ0n) is 11.9. The van der Waals surface area contributed by atoms with Crippen LogP contribution in [0.5, 0.6) is 5.88 Å². The Morgan fingerprint density at radius 3 is 2.56 bits per heavy atom. The summed E-state index contributed by atoms with van der Waals surface area (Å²) in [5.74, 6) is 2.40. The van der Waals surface area contributed by atoms with Crippen LogP contribution in [-0.4, -0.2) is 29.7 Å². The predicted molar refractivity (Wildman–Crippen MR) is 71.8 cm³/mol. The Labute approximate surface area is 109 Å². The molecule has 1 rings (SSSR count). The number of hydrogen-bond donors (Lipinski definition) is 1. The van der Waals surface area contributed by atoms with E-state index in [0.717, 1.165) is 5.82 Å². The standard InChI is InChI=1S/C13H23N3O2/c1-6-17-8-12-15-11(14-5)7-13(16-12)18-10(4)9(2)3/h7,9-10H,6,8H2,1-5H3,(H,14,15,16). The summed E-state index contributed by atoms with van der Waals surface area (Å²) in [5.41, 5.74) is 0. The van der Waals surface area contributed by atoms with Crippen molar-refractivity contribution in [1.82, 2.24) is 9.97 Å². The minimum absolute atomic E-state index is 0.115. The van der Waals surface area contributed by atoms with Crippen molar-refractivity contribution in [3.63, 3.8) is 0 Å². The summed E-state index contributed by atoms with van der Waals surface area (Å²) in [6.07, 6.45) is 0.115. The first-order chi connectivity index (χ1) is 8.56. The van der Waals surface area contributed by atoms with Crippen molar-refractivity contribution >= 4 is 5.82 Å². The highest BCUT2D eigenvalue weighted by Crippen LogP contribution is 2.17. The van der Waals surface area contributed by atoms with Gasteiger partial charge in [0.05, 0.1) is 6.10 Å². The van der Waals surface area contributed by atoms with Crippen LogP contribution in [0.1, 0.15) is 33.5 Å². The molecule has 0 aliphatic carbocycles. The van der Waals surface area contributed by atoms with Gasteiger partial charge in [-0.1, -0.05) is 13.8 Å². The lowest BCUT2D eigenvalue weighted by atomic mass is 10.1. The van der Waals surface area contributed by atoms with Crippen LogP contribution in [0.15, 0.2) is 6.07 Å². The maximum atomic E-state index is 5.79. The summed E-state index contributed by atoms with van der Waals surface area (Å²) in [6, 6.07) is 1.80. The zero-order valence-corrected chi connectivity index (χ0v) is 11.9. The highest BCUT2D eigenvalue weighted by Gasteiger charge is 2.11. The van der Waals surface area contributed by atoms with E-state index in [0.29, 0.717) is 30.8 Å². The molecule has 18 heavy (non-hydrogen) atoms. The molecule has 5 nitrogen and oxygen atoms in total. The van der Waals surface area contributed by atoms with E-state index < -0.39 is 0 Å². The maximum Gasteiger partial charge on any atom is 0.219 e. The smallest absolute Gasteiger partial charge is 0.219 e. The first kappa shape index (κ1) is 14.7. The fourth-order valence-electron chi connectivity index (χ4n) is 1.25. The van der Waals surface area contributed by atoms with Crippen molar-refractivity contribution in [2.45, 2.75) is 40.4 Å². The molecule has 102 valence electrons. The van der Waals surface area contributed by atoms with Crippen molar-refractivity contribution < 1.29 is 9.47 Å². The molecule has 5 heteroatoms. The van der Waals surface area contributed by atoms with Crippen LogP contribution in [0.2, 0.25) is 0 Å². The third kappa shape index (κ3) is 4.49. The number of anilines is 1. The topological polar surface area (TPSA) is 56.3 Å². The highest BCUT2D eigenvalue weighted by atomic mass is 16.5. The van der Waals surface area contributed by atoms with Crippen LogP contribution in [0, 0.1) is 5.92 Å². The summed E-state index contributed by atoms with van der Waals surface area (Å²) in [5, 5.41) is 3.00. The van der Waals surface area contributed by atoms with Gasteiger partial charge in [-0.2, -0.15) is 4.98 Å². The first-order valence-electron chi connectivity index (χ1n) is 6.36. The van der Waals surface area contributed by atoms with Crippen molar-refractivity contribution in [2.75, 3.05) is 19.0 Å². The predicted octanol–water partition coefficient (Wildman–Crippen LogP) is 2.48. The molecule has 0 saturated carbocycles. The monoisotopic (exact) mass is 253 g/mol. The van der Waals surface area contributed by atoms with Gasteiger partial charge in [0, 0.05) is 19.7 Å². The minimum Gasteiger partial charge on any atom is -0.474 e. The third-order valence-electron chi connectivity index (χ3n) is 2.69. The third-order valence-corrected chi connectivity index (χ3v) is 2.69. The van der Waals surface area contributed by atoms with Crippen molar-refractivity contribution in [3.05, 3.63) is 11.9 Å². The quantitative estimate of drug-likeness (QED) is 0.809. The first-order valence-corrected chi connectivity index (χ1v) is 6.36. The largest absolute Gasteiger partial charge is 0.474 e. The van der Waals surface area contributed by atoms with Crippen molar-refractivity contribution in [1.29, 1.82) is 0 Å². The molecule has 0 aromatic carbocycles. The molecule has 0 amide bonds. The van der Waals surface area contributed by atoms with Crippen LogP contribution in [-0.2, 0) is 11.3 Å². The Bertz CT molecular complexity index is 369. The average Bonchev–Trinajstić information content (AvgIpc) is 2.35. The molecule has 1 aromatic rings. The Hall–Kier alpha value is -1.36. The number of hydrogen-bond acceptors (Lipinski definition) is 5. The number of ether oxygens (including phenoxy) is 2. The summed E-state index contributed by atoms with van der Waals surface area (Å²) in [6.45, 7) is 9.26. The van der Waals surface area contributed by atoms with E-state index in [1.54, 1.807) is 6.07 Å². The second kappa shape index (κ2) is 7.16. The molecule has 1 aromatic heterocycles. The maximum absolute atomic E-state index is 5.79. The summed E-state index contributed by atoms with van der Waals surface area (Å²) in [4.78, 5) is 8.66. The van der Waals surface area contributed by atoms with E-state index in [4.69, 9.17) is 9.47 Å². The zero-order chi connectivity index (χ0) is 13.5. The van der Waals surface area contributed by atoms with E-state index in [9.17, 15) is 0 Å². The molecule has 1 unspecified atom stereocenters.